The number of aliphatic imine (C=N–C) groups is 1. The first-order chi connectivity index (χ1) is 13.7. The molecule has 2 fully saturated rings. The van der Waals surface area contributed by atoms with Gasteiger partial charge in [-0.2, -0.15) is 0 Å². The molecule has 2 rings (SSSR count). The maximum Gasteiger partial charge on any atom is 0.410 e. The van der Waals surface area contributed by atoms with Crippen molar-refractivity contribution in [3.05, 3.63) is 0 Å². The van der Waals surface area contributed by atoms with Crippen LogP contribution in [0.25, 0.3) is 0 Å². The predicted octanol–water partition coefficient (Wildman–Crippen LogP) is 3.10. The van der Waals surface area contributed by atoms with Gasteiger partial charge in [-0.05, 0) is 59.3 Å². The molecule has 0 saturated carbocycles. The summed E-state index contributed by atoms with van der Waals surface area (Å²) in [4.78, 5) is 32.5. The molecule has 0 aromatic carbocycles. The van der Waals surface area contributed by atoms with E-state index < -0.39 is 5.60 Å². The van der Waals surface area contributed by atoms with Crippen molar-refractivity contribution < 1.29 is 19.1 Å². The van der Waals surface area contributed by atoms with Crippen LogP contribution in [0.2, 0.25) is 0 Å². The first kappa shape index (κ1) is 26.8. The molecule has 0 spiro atoms. The minimum atomic E-state index is -0.456. The van der Waals surface area contributed by atoms with E-state index in [9.17, 15) is 9.59 Å². The fourth-order valence-electron chi connectivity index (χ4n) is 3.80. The third-order valence-electron chi connectivity index (χ3n) is 5.44. The molecule has 0 aromatic rings. The van der Waals surface area contributed by atoms with Gasteiger partial charge < -0.3 is 24.6 Å². The lowest BCUT2D eigenvalue weighted by molar-refractivity contribution is -0.149. The summed E-state index contributed by atoms with van der Waals surface area (Å²) in [5.41, 5.74) is -0.456. The number of esters is 1. The minimum Gasteiger partial charge on any atom is -0.466 e. The summed E-state index contributed by atoms with van der Waals surface area (Å²) >= 11 is 0. The molecule has 1 amide bonds. The molecule has 0 aromatic heterocycles. The minimum absolute atomic E-state index is 0. The number of hydrogen-bond donors (Lipinski definition) is 1. The number of halogens is 1. The lowest BCUT2D eigenvalue weighted by atomic mass is 9.96. The van der Waals surface area contributed by atoms with Crippen LogP contribution < -0.4 is 5.32 Å². The van der Waals surface area contributed by atoms with E-state index in [1.165, 1.54) is 0 Å². The van der Waals surface area contributed by atoms with Crippen LogP contribution >= 0.6 is 24.0 Å². The molecule has 0 unspecified atom stereocenters. The number of nitrogens with zero attached hydrogens (tertiary/aromatic N) is 3. The van der Waals surface area contributed by atoms with Gasteiger partial charge in [-0.3, -0.25) is 9.79 Å². The number of likely N-dealkylation sites (tertiary alicyclic amines) is 2. The number of amides is 1. The molecule has 2 aliphatic heterocycles. The summed E-state index contributed by atoms with van der Waals surface area (Å²) in [5.74, 6) is 1.32. The average Bonchev–Trinajstić information content (AvgIpc) is 2.68. The first-order valence-corrected chi connectivity index (χ1v) is 10.8. The maximum absolute atomic E-state index is 12.2. The normalized spacial score (nSPS) is 19.2. The molecule has 1 N–H and O–H groups in total. The van der Waals surface area contributed by atoms with Gasteiger partial charge in [0.1, 0.15) is 5.60 Å². The predicted molar refractivity (Wildman–Crippen MR) is 128 cm³/mol. The van der Waals surface area contributed by atoms with Crippen LogP contribution in [0.4, 0.5) is 4.79 Å². The fourth-order valence-corrected chi connectivity index (χ4v) is 3.80. The van der Waals surface area contributed by atoms with Crippen molar-refractivity contribution in [3.63, 3.8) is 0 Å². The van der Waals surface area contributed by atoms with Gasteiger partial charge in [0.05, 0.1) is 12.5 Å². The molecular formula is C21H39IN4O4. The molecule has 8 nitrogen and oxygen atoms in total. The highest BCUT2D eigenvalue weighted by Crippen LogP contribution is 2.21. The van der Waals surface area contributed by atoms with E-state index in [-0.39, 0.29) is 42.0 Å². The SMILES string of the molecule is CCOC(=O)C1CCN(C(=NC)NCC2CCN(C(=O)OC(C)(C)C)CC2)CC1.I. The summed E-state index contributed by atoms with van der Waals surface area (Å²) in [5, 5.41) is 3.49. The number of piperidine rings is 2. The van der Waals surface area contributed by atoms with Crippen molar-refractivity contribution in [2.75, 3.05) is 46.4 Å². The number of hydrogen-bond acceptors (Lipinski definition) is 5. The fraction of sp³-hybridized carbons (Fsp3) is 0.857. The smallest absolute Gasteiger partial charge is 0.410 e. The van der Waals surface area contributed by atoms with Gasteiger partial charge in [0, 0.05) is 39.8 Å². The second kappa shape index (κ2) is 12.6. The highest BCUT2D eigenvalue weighted by atomic mass is 127. The summed E-state index contributed by atoms with van der Waals surface area (Å²) in [6.07, 6.45) is 3.29. The third kappa shape index (κ3) is 8.47. The second-order valence-electron chi connectivity index (χ2n) is 8.85. The molecule has 2 aliphatic rings. The quantitative estimate of drug-likeness (QED) is 0.257. The van der Waals surface area contributed by atoms with E-state index >= 15 is 0 Å². The third-order valence-corrected chi connectivity index (χ3v) is 5.44. The molecule has 0 bridgehead atoms. The highest BCUT2D eigenvalue weighted by Gasteiger charge is 2.29. The van der Waals surface area contributed by atoms with Crippen LogP contribution in [0.5, 0.6) is 0 Å². The largest absolute Gasteiger partial charge is 0.466 e. The van der Waals surface area contributed by atoms with Gasteiger partial charge in [0.2, 0.25) is 0 Å². The molecule has 0 atom stereocenters. The number of carbonyl (C=O) groups excluding carboxylic acids is 2. The van der Waals surface area contributed by atoms with Gasteiger partial charge in [-0.25, -0.2) is 4.79 Å². The van der Waals surface area contributed by atoms with E-state index in [0.717, 1.165) is 64.4 Å². The summed E-state index contributed by atoms with van der Waals surface area (Å²) in [6.45, 7) is 11.9. The van der Waals surface area contributed by atoms with Crippen molar-refractivity contribution in [1.82, 2.24) is 15.1 Å². The van der Waals surface area contributed by atoms with Crippen molar-refractivity contribution in [2.24, 2.45) is 16.8 Å². The van der Waals surface area contributed by atoms with E-state index in [0.29, 0.717) is 12.5 Å². The Hall–Kier alpha value is -1.26. The monoisotopic (exact) mass is 538 g/mol. The number of ether oxygens (including phenoxy) is 2. The standard InChI is InChI=1S/C21H38N4O4.HI/c1-6-28-18(26)17-9-13-24(14-10-17)19(22-5)23-15-16-7-11-25(12-8-16)20(27)29-21(2,3)4;/h16-17H,6-15H2,1-5H3,(H,22,23);1H. The lowest BCUT2D eigenvalue weighted by Crippen LogP contribution is -2.49. The maximum atomic E-state index is 12.2. The van der Waals surface area contributed by atoms with E-state index in [1.807, 2.05) is 27.7 Å². The average molecular weight is 538 g/mol. The Balaban J connectivity index is 0.00000450. The van der Waals surface area contributed by atoms with Crippen molar-refractivity contribution in [1.29, 1.82) is 0 Å². The lowest BCUT2D eigenvalue weighted by Gasteiger charge is -2.36. The zero-order valence-electron chi connectivity index (χ0n) is 19.1. The van der Waals surface area contributed by atoms with Gasteiger partial charge in [0.15, 0.2) is 5.96 Å². The highest BCUT2D eigenvalue weighted by molar-refractivity contribution is 14.0. The molecule has 2 heterocycles. The Bertz CT molecular complexity index is 578. The van der Waals surface area contributed by atoms with Crippen LogP contribution in [0.1, 0.15) is 53.4 Å². The Morgan fingerprint density at radius 2 is 1.60 bits per heavy atom. The number of nitrogens with one attached hydrogen (secondary N) is 1. The van der Waals surface area contributed by atoms with Crippen LogP contribution in [-0.2, 0) is 14.3 Å². The zero-order valence-corrected chi connectivity index (χ0v) is 21.4. The molecular weight excluding hydrogens is 499 g/mol. The Labute approximate surface area is 198 Å². The van der Waals surface area contributed by atoms with Crippen LogP contribution in [0.15, 0.2) is 4.99 Å². The Kier molecular flexibility index (Phi) is 11.2. The Morgan fingerprint density at radius 3 is 2.10 bits per heavy atom. The van der Waals surface area contributed by atoms with E-state index in [1.54, 1.807) is 11.9 Å². The summed E-state index contributed by atoms with van der Waals surface area (Å²) in [7, 11) is 1.80. The number of rotatable bonds is 4. The topological polar surface area (TPSA) is 83.5 Å². The summed E-state index contributed by atoms with van der Waals surface area (Å²) in [6, 6.07) is 0. The van der Waals surface area contributed by atoms with Crippen molar-refractivity contribution in [2.45, 2.75) is 59.0 Å². The molecule has 0 radical (unpaired) electrons. The molecule has 174 valence electrons. The Morgan fingerprint density at radius 1 is 1.03 bits per heavy atom. The van der Waals surface area contributed by atoms with Gasteiger partial charge in [-0.1, -0.05) is 0 Å². The van der Waals surface area contributed by atoms with Crippen LogP contribution in [0.3, 0.4) is 0 Å². The molecule has 9 heteroatoms. The van der Waals surface area contributed by atoms with Crippen LogP contribution in [0, 0.1) is 11.8 Å². The van der Waals surface area contributed by atoms with Crippen LogP contribution in [-0.4, -0.2) is 79.8 Å². The first-order valence-electron chi connectivity index (χ1n) is 10.8. The second-order valence-corrected chi connectivity index (χ2v) is 8.85. The summed E-state index contributed by atoms with van der Waals surface area (Å²) < 4.78 is 10.6. The van der Waals surface area contributed by atoms with Crippen molar-refractivity contribution >= 4 is 42.0 Å². The van der Waals surface area contributed by atoms with Gasteiger partial charge in [0.25, 0.3) is 0 Å². The van der Waals surface area contributed by atoms with Gasteiger partial charge in [-0.15, -0.1) is 24.0 Å². The van der Waals surface area contributed by atoms with Gasteiger partial charge >= 0.3 is 12.1 Å². The molecule has 30 heavy (non-hydrogen) atoms. The van der Waals surface area contributed by atoms with E-state index in [2.05, 4.69) is 15.2 Å². The zero-order chi connectivity index (χ0) is 21.4. The van der Waals surface area contributed by atoms with Crippen molar-refractivity contribution in [3.8, 4) is 0 Å². The van der Waals surface area contributed by atoms with E-state index in [4.69, 9.17) is 9.47 Å². The number of guanidine groups is 1. The number of carbonyl (C=O) groups is 2. The molecule has 0 aliphatic carbocycles. The molecule has 2 saturated heterocycles.